The van der Waals surface area contributed by atoms with Gasteiger partial charge >= 0.3 is 0 Å². The van der Waals surface area contributed by atoms with Crippen LogP contribution in [0.15, 0.2) is 24.3 Å². The summed E-state index contributed by atoms with van der Waals surface area (Å²) in [5.41, 5.74) is 1.24. The first-order valence-electron chi connectivity index (χ1n) is 6.75. The molecule has 0 aromatic heterocycles. The molecule has 0 aliphatic heterocycles. The molecule has 0 fully saturated rings. The Morgan fingerprint density at radius 3 is 2.28 bits per heavy atom. The van der Waals surface area contributed by atoms with Crippen molar-refractivity contribution in [1.29, 1.82) is 0 Å². The summed E-state index contributed by atoms with van der Waals surface area (Å²) in [6.45, 7) is 10.5. The first-order valence-corrected chi connectivity index (χ1v) is 6.75. The van der Waals surface area contributed by atoms with Gasteiger partial charge in [-0.05, 0) is 45.0 Å². The fourth-order valence-electron chi connectivity index (χ4n) is 1.77. The molecule has 1 aromatic carbocycles. The molecule has 1 aromatic rings. The molecular formula is C15H25NO2. The Hall–Kier alpha value is -1.06. The molecular weight excluding hydrogens is 226 g/mol. The smallest absolute Gasteiger partial charge is 0.119 e. The molecule has 1 unspecified atom stereocenters. The Bertz CT molecular complexity index is 322. The zero-order valence-electron chi connectivity index (χ0n) is 11.9. The van der Waals surface area contributed by atoms with Crippen molar-refractivity contribution in [3.63, 3.8) is 0 Å². The summed E-state index contributed by atoms with van der Waals surface area (Å²) in [5.74, 6) is 0.918. The molecule has 0 heterocycles. The summed E-state index contributed by atoms with van der Waals surface area (Å²) in [7, 11) is 0. The van der Waals surface area contributed by atoms with Crippen LogP contribution in [0.1, 0.15) is 39.3 Å². The number of likely N-dealkylation sites (N-methyl/N-ethyl adjacent to an activating group) is 1. The van der Waals surface area contributed by atoms with Gasteiger partial charge in [-0.25, -0.2) is 0 Å². The molecule has 0 bridgehead atoms. The number of hydrogen-bond acceptors (Lipinski definition) is 3. The molecule has 0 aliphatic carbocycles. The van der Waals surface area contributed by atoms with Gasteiger partial charge in [0.2, 0.25) is 0 Å². The van der Waals surface area contributed by atoms with Crippen LogP contribution in [0.3, 0.4) is 0 Å². The van der Waals surface area contributed by atoms with Crippen molar-refractivity contribution < 1.29 is 9.47 Å². The second-order valence-corrected chi connectivity index (χ2v) is 4.49. The van der Waals surface area contributed by atoms with Gasteiger partial charge in [-0.1, -0.05) is 19.1 Å². The van der Waals surface area contributed by atoms with Crippen molar-refractivity contribution in [2.24, 2.45) is 0 Å². The highest BCUT2D eigenvalue weighted by Gasteiger charge is 2.11. The second-order valence-electron chi connectivity index (χ2n) is 4.49. The van der Waals surface area contributed by atoms with E-state index in [1.807, 2.05) is 19.1 Å². The van der Waals surface area contributed by atoms with Crippen molar-refractivity contribution in [2.45, 2.75) is 39.8 Å². The summed E-state index contributed by atoms with van der Waals surface area (Å²) in [6, 6.07) is 8.47. The van der Waals surface area contributed by atoms with E-state index in [1.54, 1.807) is 0 Å². The molecule has 3 heteroatoms. The minimum Gasteiger partial charge on any atom is -0.494 e. The van der Waals surface area contributed by atoms with Crippen LogP contribution >= 0.6 is 0 Å². The summed E-state index contributed by atoms with van der Waals surface area (Å²) in [5, 5.41) is 3.44. The molecule has 1 atom stereocenters. The molecule has 102 valence electrons. The Morgan fingerprint density at radius 2 is 1.78 bits per heavy atom. The number of ether oxygens (including phenoxy) is 2. The Balaban J connectivity index is 2.65. The van der Waals surface area contributed by atoms with Crippen molar-refractivity contribution >= 4 is 0 Å². The normalized spacial score (nSPS) is 12.7. The fraction of sp³-hybridized carbons (Fsp3) is 0.600. The maximum absolute atomic E-state index is 5.69. The van der Waals surface area contributed by atoms with Crippen LogP contribution in [0.5, 0.6) is 5.75 Å². The minimum absolute atomic E-state index is 0.244. The lowest BCUT2D eigenvalue weighted by molar-refractivity contribution is 0.0614. The Labute approximate surface area is 110 Å². The van der Waals surface area contributed by atoms with Crippen LogP contribution in [-0.2, 0) is 4.74 Å². The van der Waals surface area contributed by atoms with Crippen molar-refractivity contribution in [1.82, 2.24) is 5.32 Å². The van der Waals surface area contributed by atoms with Gasteiger partial charge < -0.3 is 14.8 Å². The summed E-state index contributed by atoms with van der Waals surface area (Å²) in [4.78, 5) is 0. The number of hydrogen-bond donors (Lipinski definition) is 1. The third kappa shape index (κ3) is 5.07. The van der Waals surface area contributed by atoms with E-state index in [0.29, 0.717) is 13.2 Å². The van der Waals surface area contributed by atoms with Gasteiger partial charge in [-0.2, -0.15) is 0 Å². The Morgan fingerprint density at radius 1 is 1.11 bits per heavy atom. The summed E-state index contributed by atoms with van der Waals surface area (Å²) < 4.78 is 11.1. The molecule has 0 spiro atoms. The first-order chi connectivity index (χ1) is 8.67. The van der Waals surface area contributed by atoms with E-state index in [0.717, 1.165) is 12.3 Å². The third-order valence-electron chi connectivity index (χ3n) is 2.64. The molecule has 0 radical (unpaired) electrons. The second kappa shape index (κ2) is 8.11. The maximum Gasteiger partial charge on any atom is 0.119 e. The standard InChI is InChI=1S/C15H25NO2/c1-5-16-15(11-18-12(3)4)13-7-9-14(10-8-13)17-6-2/h7-10,12,15-16H,5-6,11H2,1-4H3. The average Bonchev–Trinajstić information content (AvgIpc) is 2.36. The molecule has 18 heavy (non-hydrogen) atoms. The van der Waals surface area contributed by atoms with Gasteiger partial charge in [-0.3, -0.25) is 0 Å². The predicted octanol–water partition coefficient (Wildman–Crippen LogP) is 3.16. The van der Waals surface area contributed by atoms with Crippen LogP contribution in [0.25, 0.3) is 0 Å². The average molecular weight is 251 g/mol. The van der Waals surface area contributed by atoms with Crippen molar-refractivity contribution in [3.8, 4) is 5.75 Å². The van der Waals surface area contributed by atoms with E-state index in [2.05, 4.69) is 38.2 Å². The van der Waals surface area contributed by atoms with E-state index >= 15 is 0 Å². The van der Waals surface area contributed by atoms with Crippen LogP contribution in [0, 0.1) is 0 Å². The summed E-state index contributed by atoms with van der Waals surface area (Å²) >= 11 is 0. The first kappa shape index (κ1) is 15.0. The van der Waals surface area contributed by atoms with Crippen molar-refractivity contribution in [2.75, 3.05) is 19.8 Å². The van der Waals surface area contributed by atoms with E-state index < -0.39 is 0 Å². The molecule has 0 saturated carbocycles. The topological polar surface area (TPSA) is 30.5 Å². The fourth-order valence-corrected chi connectivity index (χ4v) is 1.77. The van der Waals surface area contributed by atoms with E-state index in [1.165, 1.54) is 5.56 Å². The lowest BCUT2D eigenvalue weighted by atomic mass is 10.1. The molecule has 0 amide bonds. The van der Waals surface area contributed by atoms with Crippen LogP contribution in [0.2, 0.25) is 0 Å². The molecule has 1 N–H and O–H groups in total. The molecule has 0 aliphatic rings. The lowest BCUT2D eigenvalue weighted by Crippen LogP contribution is -2.26. The zero-order chi connectivity index (χ0) is 13.4. The monoisotopic (exact) mass is 251 g/mol. The van der Waals surface area contributed by atoms with E-state index in [-0.39, 0.29) is 12.1 Å². The van der Waals surface area contributed by atoms with Gasteiger partial charge in [0.15, 0.2) is 0 Å². The third-order valence-corrected chi connectivity index (χ3v) is 2.64. The van der Waals surface area contributed by atoms with E-state index in [9.17, 15) is 0 Å². The van der Waals surface area contributed by atoms with Gasteiger partial charge in [0.25, 0.3) is 0 Å². The predicted molar refractivity (Wildman–Crippen MR) is 75.1 cm³/mol. The minimum atomic E-state index is 0.244. The molecule has 1 rings (SSSR count). The highest BCUT2D eigenvalue weighted by molar-refractivity contribution is 5.29. The number of nitrogens with one attached hydrogen (secondary N) is 1. The van der Waals surface area contributed by atoms with Crippen molar-refractivity contribution in [3.05, 3.63) is 29.8 Å². The van der Waals surface area contributed by atoms with Crippen LogP contribution in [0.4, 0.5) is 0 Å². The maximum atomic E-state index is 5.69. The van der Waals surface area contributed by atoms with Crippen LogP contribution < -0.4 is 10.1 Å². The molecule has 3 nitrogen and oxygen atoms in total. The largest absolute Gasteiger partial charge is 0.494 e. The quantitative estimate of drug-likeness (QED) is 0.770. The van der Waals surface area contributed by atoms with Gasteiger partial charge in [-0.15, -0.1) is 0 Å². The molecule has 0 saturated heterocycles. The SMILES string of the molecule is CCNC(COC(C)C)c1ccc(OCC)cc1. The Kier molecular flexibility index (Phi) is 6.76. The highest BCUT2D eigenvalue weighted by atomic mass is 16.5. The summed E-state index contributed by atoms with van der Waals surface area (Å²) in [6.07, 6.45) is 0.258. The van der Waals surface area contributed by atoms with Gasteiger partial charge in [0, 0.05) is 0 Å². The lowest BCUT2D eigenvalue weighted by Gasteiger charge is -2.20. The number of rotatable bonds is 8. The van der Waals surface area contributed by atoms with E-state index in [4.69, 9.17) is 9.47 Å². The van der Waals surface area contributed by atoms with Gasteiger partial charge in [0.05, 0.1) is 25.4 Å². The highest BCUT2D eigenvalue weighted by Crippen LogP contribution is 2.18. The number of benzene rings is 1. The zero-order valence-corrected chi connectivity index (χ0v) is 11.9. The van der Waals surface area contributed by atoms with Gasteiger partial charge in [0.1, 0.15) is 5.75 Å². The van der Waals surface area contributed by atoms with Crippen LogP contribution in [-0.4, -0.2) is 25.9 Å².